The van der Waals surface area contributed by atoms with Gasteiger partial charge in [-0.15, -0.1) is 16.8 Å². The molecule has 4 rings (SSSR count). The lowest BCUT2D eigenvalue weighted by Gasteiger charge is -2.07. The van der Waals surface area contributed by atoms with E-state index in [0.29, 0.717) is 23.3 Å². The van der Waals surface area contributed by atoms with Crippen LogP contribution in [-0.4, -0.2) is 26.4 Å². The molecule has 4 aromatic rings. The number of carbonyl (C=O) groups excluding carboxylic acids is 1. The van der Waals surface area contributed by atoms with Crippen molar-refractivity contribution >= 4 is 50.3 Å². The summed E-state index contributed by atoms with van der Waals surface area (Å²) in [6, 6.07) is 15.4. The number of anilines is 1. The zero-order valence-electron chi connectivity index (χ0n) is 16.3. The van der Waals surface area contributed by atoms with Crippen molar-refractivity contribution in [2.24, 2.45) is 0 Å². The number of amides is 1. The van der Waals surface area contributed by atoms with Crippen LogP contribution in [0.15, 0.2) is 75.2 Å². The molecule has 0 radical (unpaired) electrons. The summed E-state index contributed by atoms with van der Waals surface area (Å²) in [6.07, 6.45) is 1.77. The molecule has 0 fully saturated rings. The molecule has 0 aliphatic carbocycles. The average molecular weight is 483 g/mol. The van der Waals surface area contributed by atoms with Crippen molar-refractivity contribution in [2.45, 2.75) is 18.6 Å². The van der Waals surface area contributed by atoms with Gasteiger partial charge in [0.2, 0.25) is 11.7 Å². The third-order valence-electron chi connectivity index (χ3n) is 4.39. The minimum Gasteiger partial charge on any atom is -0.453 e. The Balaban J connectivity index is 1.52. The molecule has 1 amide bonds. The van der Waals surface area contributed by atoms with Gasteiger partial charge in [-0.2, -0.15) is 0 Å². The molecule has 0 bridgehead atoms. The van der Waals surface area contributed by atoms with Gasteiger partial charge >= 0.3 is 0 Å². The molecule has 152 valence electrons. The Hall–Kier alpha value is -2.84. The summed E-state index contributed by atoms with van der Waals surface area (Å²) in [5.74, 6) is 1.33. The van der Waals surface area contributed by atoms with E-state index in [0.717, 1.165) is 26.7 Å². The van der Waals surface area contributed by atoms with E-state index in [9.17, 15) is 4.79 Å². The van der Waals surface area contributed by atoms with Crippen molar-refractivity contribution < 1.29 is 9.21 Å². The first-order valence-electron chi connectivity index (χ1n) is 9.26. The standard InChI is InChI=1S/C22H19BrN4O2S/c1-3-10-27-21(19-12-15-11-16(23)6-9-18(15)29-19)25-26-22(27)30-13-20(28)24-17-7-4-14(2)5-8-17/h3-9,11-12H,1,10,13H2,2H3,(H,24,28). The number of furan rings is 1. The van der Waals surface area contributed by atoms with Gasteiger partial charge in [0.15, 0.2) is 10.9 Å². The van der Waals surface area contributed by atoms with Gasteiger partial charge in [0.1, 0.15) is 5.58 Å². The Morgan fingerprint density at radius 3 is 2.80 bits per heavy atom. The number of hydrogen-bond donors (Lipinski definition) is 1. The third-order valence-corrected chi connectivity index (χ3v) is 5.85. The molecular formula is C22H19BrN4O2S. The number of aromatic nitrogens is 3. The van der Waals surface area contributed by atoms with Crippen LogP contribution in [0.5, 0.6) is 0 Å². The fraction of sp³-hybridized carbons (Fsp3) is 0.136. The lowest BCUT2D eigenvalue weighted by molar-refractivity contribution is -0.113. The molecule has 0 spiro atoms. The van der Waals surface area contributed by atoms with Crippen LogP contribution in [0.1, 0.15) is 5.56 Å². The van der Waals surface area contributed by atoms with Crippen molar-refractivity contribution in [3.05, 3.63) is 71.2 Å². The normalized spacial score (nSPS) is 11.0. The zero-order valence-corrected chi connectivity index (χ0v) is 18.7. The quantitative estimate of drug-likeness (QED) is 0.271. The molecular weight excluding hydrogens is 464 g/mol. The molecule has 6 nitrogen and oxygen atoms in total. The Labute approximate surface area is 186 Å². The first kappa shape index (κ1) is 20.4. The zero-order chi connectivity index (χ0) is 21.1. The molecule has 2 aromatic heterocycles. The largest absolute Gasteiger partial charge is 0.453 e. The van der Waals surface area contributed by atoms with Crippen LogP contribution < -0.4 is 5.32 Å². The van der Waals surface area contributed by atoms with Crippen LogP contribution in [-0.2, 0) is 11.3 Å². The maximum Gasteiger partial charge on any atom is 0.234 e. The van der Waals surface area contributed by atoms with Crippen molar-refractivity contribution in [3.8, 4) is 11.6 Å². The molecule has 0 saturated carbocycles. The maximum atomic E-state index is 12.3. The van der Waals surface area contributed by atoms with Gasteiger partial charge in [-0.1, -0.05) is 51.5 Å². The molecule has 0 aliphatic rings. The Kier molecular flexibility index (Phi) is 6.06. The fourth-order valence-electron chi connectivity index (χ4n) is 2.96. The molecule has 2 heterocycles. The second kappa shape index (κ2) is 8.89. The van der Waals surface area contributed by atoms with E-state index in [1.165, 1.54) is 11.8 Å². The van der Waals surface area contributed by atoms with Crippen molar-refractivity contribution in [1.29, 1.82) is 0 Å². The Morgan fingerprint density at radius 2 is 2.03 bits per heavy atom. The molecule has 8 heteroatoms. The number of allylic oxidation sites excluding steroid dienone is 1. The van der Waals surface area contributed by atoms with Gasteiger partial charge < -0.3 is 9.73 Å². The molecule has 0 saturated heterocycles. The highest BCUT2D eigenvalue weighted by molar-refractivity contribution is 9.10. The Bertz CT molecular complexity index is 1210. The summed E-state index contributed by atoms with van der Waals surface area (Å²) in [5, 5.41) is 13.1. The minimum atomic E-state index is -0.104. The van der Waals surface area contributed by atoms with Crippen molar-refractivity contribution in [2.75, 3.05) is 11.1 Å². The minimum absolute atomic E-state index is 0.104. The number of halogens is 1. The summed E-state index contributed by atoms with van der Waals surface area (Å²) in [6.45, 7) is 6.33. The highest BCUT2D eigenvalue weighted by Crippen LogP contribution is 2.30. The second-order valence-electron chi connectivity index (χ2n) is 6.70. The molecule has 30 heavy (non-hydrogen) atoms. The van der Waals surface area contributed by atoms with Crippen molar-refractivity contribution in [1.82, 2.24) is 14.8 Å². The number of rotatable bonds is 7. The summed E-state index contributed by atoms with van der Waals surface area (Å²) in [7, 11) is 0. The fourth-order valence-corrected chi connectivity index (χ4v) is 4.09. The summed E-state index contributed by atoms with van der Waals surface area (Å²) < 4.78 is 8.83. The second-order valence-corrected chi connectivity index (χ2v) is 8.56. The van der Waals surface area contributed by atoms with E-state index in [2.05, 4.69) is 38.0 Å². The van der Waals surface area contributed by atoms with Crippen molar-refractivity contribution in [3.63, 3.8) is 0 Å². The summed E-state index contributed by atoms with van der Waals surface area (Å²) >= 11 is 4.80. The van der Waals surface area contributed by atoms with E-state index in [4.69, 9.17) is 4.42 Å². The molecule has 2 aromatic carbocycles. The van der Waals surface area contributed by atoms with E-state index in [1.54, 1.807) is 6.08 Å². The average Bonchev–Trinajstić information content (AvgIpc) is 3.32. The van der Waals surface area contributed by atoms with Gasteiger partial charge in [0, 0.05) is 22.1 Å². The van der Waals surface area contributed by atoms with Gasteiger partial charge in [-0.3, -0.25) is 9.36 Å². The number of aryl methyl sites for hydroxylation is 1. The topological polar surface area (TPSA) is 73.0 Å². The number of thioether (sulfide) groups is 1. The number of benzene rings is 2. The molecule has 0 aliphatic heterocycles. The van der Waals surface area contributed by atoms with E-state index < -0.39 is 0 Å². The lowest BCUT2D eigenvalue weighted by atomic mass is 10.2. The lowest BCUT2D eigenvalue weighted by Crippen LogP contribution is -2.14. The van der Waals surface area contributed by atoms with Crippen LogP contribution in [0.2, 0.25) is 0 Å². The number of nitrogens with one attached hydrogen (secondary N) is 1. The van der Waals surface area contributed by atoms with Gasteiger partial charge in [-0.05, 0) is 43.3 Å². The first-order valence-corrected chi connectivity index (χ1v) is 11.0. The van der Waals surface area contributed by atoms with Gasteiger partial charge in [-0.25, -0.2) is 0 Å². The Morgan fingerprint density at radius 1 is 1.23 bits per heavy atom. The van der Waals surface area contributed by atoms with Gasteiger partial charge in [0.05, 0.1) is 5.75 Å². The predicted octanol–water partition coefficient (Wildman–Crippen LogP) is 5.68. The van der Waals surface area contributed by atoms with E-state index in [1.807, 2.05) is 60.0 Å². The summed E-state index contributed by atoms with van der Waals surface area (Å²) in [5.41, 5.74) is 2.69. The van der Waals surface area contributed by atoms with Crippen LogP contribution >= 0.6 is 27.7 Å². The van der Waals surface area contributed by atoms with Gasteiger partial charge in [0.25, 0.3) is 0 Å². The number of nitrogens with zero attached hydrogens (tertiary/aromatic N) is 3. The highest BCUT2D eigenvalue weighted by Gasteiger charge is 2.18. The third kappa shape index (κ3) is 4.49. The van der Waals surface area contributed by atoms with Crippen LogP contribution in [0.3, 0.4) is 0 Å². The first-order chi connectivity index (χ1) is 14.5. The van der Waals surface area contributed by atoms with Crippen LogP contribution in [0.25, 0.3) is 22.6 Å². The molecule has 0 atom stereocenters. The predicted molar refractivity (Wildman–Crippen MR) is 124 cm³/mol. The van der Waals surface area contributed by atoms with E-state index in [-0.39, 0.29) is 11.7 Å². The summed E-state index contributed by atoms with van der Waals surface area (Å²) in [4.78, 5) is 12.3. The molecule has 1 N–H and O–H groups in total. The number of hydrogen-bond acceptors (Lipinski definition) is 5. The van der Waals surface area contributed by atoms with E-state index >= 15 is 0 Å². The highest BCUT2D eigenvalue weighted by atomic mass is 79.9. The monoisotopic (exact) mass is 482 g/mol. The maximum absolute atomic E-state index is 12.3. The molecule has 0 unspecified atom stereocenters. The number of carbonyl (C=O) groups is 1. The SMILES string of the molecule is C=CCn1c(SCC(=O)Nc2ccc(C)cc2)nnc1-c1cc2cc(Br)ccc2o1. The number of fused-ring (bicyclic) bond motifs is 1. The smallest absolute Gasteiger partial charge is 0.234 e. The van der Waals surface area contributed by atoms with Crippen LogP contribution in [0, 0.1) is 6.92 Å². The van der Waals surface area contributed by atoms with Crippen LogP contribution in [0.4, 0.5) is 5.69 Å².